The fraction of sp³-hybridized carbons (Fsp3) is 0.619. The van der Waals surface area contributed by atoms with Crippen LogP contribution in [-0.4, -0.2) is 48.7 Å². The number of guanidine groups is 1. The number of nitrogens with one attached hydrogen (secondary N) is 3. The van der Waals surface area contributed by atoms with Gasteiger partial charge in [-0.2, -0.15) is 11.8 Å². The number of aliphatic imine (C=N–C) groups is 1. The Bertz CT molecular complexity index is 676. The highest BCUT2D eigenvalue weighted by atomic mass is 32.2. The summed E-state index contributed by atoms with van der Waals surface area (Å²) < 4.78 is 5.45. The first-order valence-corrected chi connectivity index (χ1v) is 11.6. The lowest BCUT2D eigenvalue weighted by molar-refractivity contribution is -0.124. The Kier molecular flexibility index (Phi) is 8.03. The van der Waals surface area contributed by atoms with Crippen LogP contribution in [0.4, 0.5) is 5.69 Å². The summed E-state index contributed by atoms with van der Waals surface area (Å²) >= 11 is 1.96. The molecular weight excluding hydrogens is 372 g/mol. The van der Waals surface area contributed by atoms with Gasteiger partial charge in [-0.15, -0.1) is 0 Å². The van der Waals surface area contributed by atoms with Crippen molar-refractivity contribution in [3.8, 4) is 0 Å². The van der Waals surface area contributed by atoms with E-state index in [-0.39, 0.29) is 12.0 Å². The number of carbonyl (C=O) groups excluding carboxylic acids is 1. The Morgan fingerprint density at radius 3 is 2.93 bits per heavy atom. The zero-order chi connectivity index (χ0) is 19.8. The molecule has 1 aromatic carbocycles. The van der Waals surface area contributed by atoms with Gasteiger partial charge in [0, 0.05) is 30.1 Å². The van der Waals surface area contributed by atoms with Crippen LogP contribution in [0.25, 0.3) is 0 Å². The molecule has 1 amide bonds. The van der Waals surface area contributed by atoms with Crippen molar-refractivity contribution >= 4 is 29.3 Å². The van der Waals surface area contributed by atoms with Crippen molar-refractivity contribution in [1.29, 1.82) is 0 Å². The first-order valence-electron chi connectivity index (χ1n) is 10.3. The standard InChI is InChI=1S/C21H32N4O2S/c1-3-22-21(25-17-9-10-18(13-17)28-2)23-14-15-6-4-7-16(12-15)24-20(26)19-8-5-11-27-19/h4,6-7,12,17-19H,3,5,8-11,13-14H2,1-2H3,(H,24,26)(H2,22,23,25). The smallest absolute Gasteiger partial charge is 0.253 e. The lowest BCUT2D eigenvalue weighted by Crippen LogP contribution is -2.42. The molecule has 7 heteroatoms. The fourth-order valence-electron chi connectivity index (χ4n) is 3.72. The van der Waals surface area contributed by atoms with Gasteiger partial charge in [0.1, 0.15) is 6.10 Å². The van der Waals surface area contributed by atoms with E-state index in [0.29, 0.717) is 19.2 Å². The maximum Gasteiger partial charge on any atom is 0.253 e. The van der Waals surface area contributed by atoms with Gasteiger partial charge >= 0.3 is 0 Å². The van der Waals surface area contributed by atoms with Crippen LogP contribution in [0.1, 0.15) is 44.6 Å². The SMILES string of the molecule is CCNC(=NCc1cccc(NC(=O)C2CCCO2)c1)NC1CCC(SC)C1. The summed E-state index contributed by atoms with van der Waals surface area (Å²) in [5, 5.41) is 10.6. The predicted octanol–water partition coefficient (Wildman–Crippen LogP) is 3.14. The zero-order valence-corrected chi connectivity index (χ0v) is 17.7. The van der Waals surface area contributed by atoms with Crippen LogP contribution in [0.2, 0.25) is 0 Å². The van der Waals surface area contributed by atoms with E-state index in [1.165, 1.54) is 19.3 Å². The van der Waals surface area contributed by atoms with Crippen LogP contribution in [0.3, 0.4) is 0 Å². The largest absolute Gasteiger partial charge is 0.368 e. The van der Waals surface area contributed by atoms with E-state index in [4.69, 9.17) is 9.73 Å². The molecule has 1 saturated heterocycles. The van der Waals surface area contributed by atoms with Gasteiger partial charge in [-0.25, -0.2) is 4.99 Å². The molecule has 0 bridgehead atoms. The highest BCUT2D eigenvalue weighted by molar-refractivity contribution is 7.99. The summed E-state index contributed by atoms with van der Waals surface area (Å²) in [6, 6.07) is 8.38. The van der Waals surface area contributed by atoms with Crippen LogP contribution < -0.4 is 16.0 Å². The van der Waals surface area contributed by atoms with Crippen molar-refractivity contribution in [3.63, 3.8) is 0 Å². The Morgan fingerprint density at radius 1 is 1.32 bits per heavy atom. The van der Waals surface area contributed by atoms with Crippen molar-refractivity contribution in [3.05, 3.63) is 29.8 Å². The molecule has 28 heavy (non-hydrogen) atoms. The first-order chi connectivity index (χ1) is 13.7. The second-order valence-electron chi connectivity index (χ2n) is 7.40. The summed E-state index contributed by atoms with van der Waals surface area (Å²) in [7, 11) is 0. The normalized spacial score (nSPS) is 24.9. The van der Waals surface area contributed by atoms with Gasteiger partial charge in [0.15, 0.2) is 5.96 Å². The molecule has 2 fully saturated rings. The van der Waals surface area contributed by atoms with Gasteiger partial charge in [0.25, 0.3) is 5.91 Å². The third-order valence-electron chi connectivity index (χ3n) is 5.24. The van der Waals surface area contributed by atoms with Crippen LogP contribution in [0.15, 0.2) is 29.3 Å². The molecule has 2 aliphatic rings. The van der Waals surface area contributed by atoms with E-state index in [1.54, 1.807) is 0 Å². The fourth-order valence-corrected chi connectivity index (χ4v) is 4.52. The summed E-state index contributed by atoms with van der Waals surface area (Å²) in [6.07, 6.45) is 7.28. The average molecular weight is 405 g/mol. The minimum Gasteiger partial charge on any atom is -0.368 e. The van der Waals surface area contributed by atoms with Crippen LogP contribution in [0.5, 0.6) is 0 Å². The van der Waals surface area contributed by atoms with E-state index in [2.05, 4.69) is 29.1 Å². The van der Waals surface area contributed by atoms with Crippen molar-refractivity contribution in [1.82, 2.24) is 10.6 Å². The molecule has 1 aliphatic carbocycles. The van der Waals surface area contributed by atoms with Crippen LogP contribution in [0, 0.1) is 0 Å². The number of carbonyl (C=O) groups is 1. The van der Waals surface area contributed by atoms with Crippen molar-refractivity contribution in [2.24, 2.45) is 4.99 Å². The van der Waals surface area contributed by atoms with E-state index in [1.807, 2.05) is 36.0 Å². The summed E-state index contributed by atoms with van der Waals surface area (Å²) in [6.45, 7) is 4.16. The minimum absolute atomic E-state index is 0.0576. The van der Waals surface area contributed by atoms with E-state index in [9.17, 15) is 4.79 Å². The van der Waals surface area contributed by atoms with Gasteiger partial charge < -0.3 is 20.7 Å². The lowest BCUT2D eigenvalue weighted by Gasteiger charge is -2.17. The summed E-state index contributed by atoms with van der Waals surface area (Å²) in [4.78, 5) is 17.0. The second kappa shape index (κ2) is 10.7. The molecule has 0 aromatic heterocycles. The van der Waals surface area contributed by atoms with Crippen molar-refractivity contribution in [2.75, 3.05) is 24.7 Å². The molecule has 0 spiro atoms. The monoisotopic (exact) mass is 404 g/mol. The second-order valence-corrected chi connectivity index (χ2v) is 8.54. The maximum absolute atomic E-state index is 12.2. The highest BCUT2D eigenvalue weighted by Crippen LogP contribution is 2.28. The summed E-state index contributed by atoms with van der Waals surface area (Å²) in [5.74, 6) is 0.806. The first kappa shape index (κ1) is 21.0. The number of benzene rings is 1. The van der Waals surface area contributed by atoms with Crippen LogP contribution in [-0.2, 0) is 16.1 Å². The predicted molar refractivity (Wildman–Crippen MR) is 117 cm³/mol. The molecule has 3 atom stereocenters. The van der Waals surface area contributed by atoms with Gasteiger partial charge in [0.05, 0.1) is 6.54 Å². The number of amides is 1. The number of hydrogen-bond donors (Lipinski definition) is 3. The van der Waals surface area contributed by atoms with Gasteiger partial charge in [0.2, 0.25) is 0 Å². The summed E-state index contributed by atoms with van der Waals surface area (Å²) in [5.41, 5.74) is 1.86. The average Bonchev–Trinajstić information content (AvgIpc) is 3.38. The number of rotatable bonds is 7. The van der Waals surface area contributed by atoms with Crippen molar-refractivity contribution in [2.45, 2.75) is 63.0 Å². The van der Waals surface area contributed by atoms with E-state index >= 15 is 0 Å². The Hall–Kier alpha value is -1.73. The number of ether oxygens (including phenoxy) is 1. The van der Waals surface area contributed by atoms with Gasteiger partial charge in [-0.1, -0.05) is 12.1 Å². The number of anilines is 1. The van der Waals surface area contributed by atoms with Crippen LogP contribution >= 0.6 is 11.8 Å². The third-order valence-corrected chi connectivity index (χ3v) is 6.33. The molecule has 1 heterocycles. The van der Waals surface area contributed by atoms with Gasteiger partial charge in [-0.3, -0.25) is 4.79 Å². The molecule has 6 nitrogen and oxygen atoms in total. The Balaban J connectivity index is 1.56. The molecule has 3 rings (SSSR count). The zero-order valence-electron chi connectivity index (χ0n) is 16.9. The number of thioether (sulfide) groups is 1. The third kappa shape index (κ3) is 6.14. The quantitative estimate of drug-likeness (QED) is 0.481. The highest BCUT2D eigenvalue weighted by Gasteiger charge is 2.25. The molecule has 0 radical (unpaired) electrons. The molecule has 1 aliphatic heterocycles. The maximum atomic E-state index is 12.2. The molecular formula is C21H32N4O2S. The van der Waals surface area contributed by atoms with Gasteiger partial charge in [-0.05, 0) is 63.0 Å². The van der Waals surface area contributed by atoms with E-state index < -0.39 is 0 Å². The molecule has 1 aromatic rings. The lowest BCUT2D eigenvalue weighted by atomic mass is 10.2. The number of hydrogen-bond acceptors (Lipinski definition) is 4. The molecule has 1 saturated carbocycles. The molecule has 3 unspecified atom stereocenters. The topological polar surface area (TPSA) is 74.8 Å². The minimum atomic E-state index is -0.317. The molecule has 154 valence electrons. The molecule has 3 N–H and O–H groups in total. The Morgan fingerprint density at radius 2 is 2.21 bits per heavy atom. The Labute approximate surface area is 172 Å². The number of nitrogens with zero attached hydrogens (tertiary/aromatic N) is 1. The van der Waals surface area contributed by atoms with E-state index in [0.717, 1.165) is 41.8 Å². The van der Waals surface area contributed by atoms with Crippen molar-refractivity contribution < 1.29 is 9.53 Å².